The van der Waals surface area contributed by atoms with E-state index in [-0.39, 0.29) is 18.4 Å². The molecule has 1 aromatic carbocycles. The van der Waals surface area contributed by atoms with E-state index in [4.69, 9.17) is 4.74 Å². The highest BCUT2D eigenvalue weighted by molar-refractivity contribution is 7.17. The maximum absolute atomic E-state index is 12.5. The molecular weight excluding hydrogens is 366 g/mol. The molecule has 0 atom stereocenters. The molecule has 0 bridgehead atoms. The van der Waals surface area contributed by atoms with Gasteiger partial charge in [-0.25, -0.2) is 9.78 Å². The van der Waals surface area contributed by atoms with E-state index in [1.54, 1.807) is 36.9 Å². The van der Waals surface area contributed by atoms with Gasteiger partial charge in [-0.1, -0.05) is 23.5 Å². The van der Waals surface area contributed by atoms with Gasteiger partial charge in [0.15, 0.2) is 5.13 Å². The molecule has 1 aliphatic heterocycles. The largest absolute Gasteiger partial charge is 0.462 e. The number of aryl methyl sites for hydroxylation is 1. The van der Waals surface area contributed by atoms with Gasteiger partial charge in [0.2, 0.25) is 5.91 Å². The van der Waals surface area contributed by atoms with Crippen molar-refractivity contribution >= 4 is 34.3 Å². The minimum absolute atomic E-state index is 0.148. The van der Waals surface area contributed by atoms with Crippen molar-refractivity contribution in [2.75, 3.05) is 18.5 Å². The van der Waals surface area contributed by atoms with E-state index in [0.717, 1.165) is 29.9 Å². The number of carbonyl (C=O) groups is 3. The number of benzene rings is 1. The SMILES string of the molecule is CCOC(=O)c1sc(NC(=O)c2cccc(CN3CCCC3=O)c2)nc1C. The third-order valence-corrected chi connectivity index (χ3v) is 5.26. The van der Waals surface area contributed by atoms with Crippen molar-refractivity contribution in [3.63, 3.8) is 0 Å². The number of esters is 1. The average Bonchev–Trinajstić information content (AvgIpc) is 3.21. The van der Waals surface area contributed by atoms with Crippen molar-refractivity contribution in [1.29, 1.82) is 0 Å². The second-order valence-corrected chi connectivity index (χ2v) is 7.23. The Bertz CT molecular complexity index is 878. The first kappa shape index (κ1) is 19.0. The van der Waals surface area contributed by atoms with E-state index in [1.165, 1.54) is 0 Å². The number of hydrogen-bond acceptors (Lipinski definition) is 6. The quantitative estimate of drug-likeness (QED) is 0.770. The number of carbonyl (C=O) groups excluding carboxylic acids is 3. The molecule has 8 heteroatoms. The van der Waals surface area contributed by atoms with Gasteiger partial charge in [-0.15, -0.1) is 0 Å². The van der Waals surface area contributed by atoms with E-state index in [9.17, 15) is 14.4 Å². The molecule has 2 amide bonds. The Morgan fingerprint density at radius 3 is 2.89 bits per heavy atom. The van der Waals surface area contributed by atoms with Crippen LogP contribution in [0.4, 0.5) is 5.13 Å². The Morgan fingerprint density at radius 1 is 1.37 bits per heavy atom. The Kier molecular flexibility index (Phi) is 5.85. The summed E-state index contributed by atoms with van der Waals surface area (Å²) in [6.07, 6.45) is 1.47. The van der Waals surface area contributed by atoms with Crippen LogP contribution in [-0.2, 0) is 16.1 Å². The number of amides is 2. The first-order valence-corrected chi connectivity index (χ1v) is 9.62. The number of rotatable bonds is 6. The molecule has 1 saturated heterocycles. The Hall–Kier alpha value is -2.74. The normalized spacial score (nSPS) is 13.7. The number of thiazole rings is 1. The fourth-order valence-corrected chi connectivity index (χ4v) is 3.76. The summed E-state index contributed by atoms with van der Waals surface area (Å²) >= 11 is 1.09. The van der Waals surface area contributed by atoms with Crippen LogP contribution in [-0.4, -0.2) is 40.8 Å². The van der Waals surface area contributed by atoms with Crippen molar-refractivity contribution in [1.82, 2.24) is 9.88 Å². The fraction of sp³-hybridized carbons (Fsp3) is 0.368. The number of nitrogens with one attached hydrogen (secondary N) is 1. The Labute approximate surface area is 161 Å². The van der Waals surface area contributed by atoms with Gasteiger partial charge in [0, 0.05) is 25.1 Å². The molecule has 27 heavy (non-hydrogen) atoms. The van der Waals surface area contributed by atoms with Crippen LogP contribution in [0.25, 0.3) is 0 Å². The fourth-order valence-electron chi connectivity index (χ4n) is 2.91. The summed E-state index contributed by atoms with van der Waals surface area (Å²) in [6.45, 7) is 4.98. The molecule has 0 aliphatic carbocycles. The summed E-state index contributed by atoms with van der Waals surface area (Å²) in [5.41, 5.74) is 1.90. The molecule has 3 rings (SSSR count). The zero-order valence-electron chi connectivity index (χ0n) is 15.3. The molecule has 0 unspecified atom stereocenters. The summed E-state index contributed by atoms with van der Waals surface area (Å²) in [5.74, 6) is -0.603. The van der Waals surface area contributed by atoms with Crippen LogP contribution in [0, 0.1) is 6.92 Å². The minimum atomic E-state index is -0.440. The maximum Gasteiger partial charge on any atom is 0.350 e. The van der Waals surface area contributed by atoms with Gasteiger partial charge in [0.1, 0.15) is 4.88 Å². The molecule has 1 aliphatic rings. The molecule has 142 valence electrons. The van der Waals surface area contributed by atoms with Gasteiger partial charge < -0.3 is 9.64 Å². The monoisotopic (exact) mass is 387 g/mol. The second kappa shape index (κ2) is 8.30. The van der Waals surface area contributed by atoms with Gasteiger partial charge >= 0.3 is 5.97 Å². The third kappa shape index (κ3) is 4.51. The van der Waals surface area contributed by atoms with Crippen molar-refractivity contribution < 1.29 is 19.1 Å². The van der Waals surface area contributed by atoms with Gasteiger partial charge in [0.25, 0.3) is 5.91 Å². The number of aromatic nitrogens is 1. The number of anilines is 1. The second-order valence-electron chi connectivity index (χ2n) is 6.23. The lowest BCUT2D eigenvalue weighted by Gasteiger charge is -2.15. The first-order chi connectivity index (χ1) is 13.0. The third-order valence-electron chi connectivity index (χ3n) is 4.21. The summed E-state index contributed by atoms with van der Waals surface area (Å²) in [5, 5.41) is 3.07. The topological polar surface area (TPSA) is 88.6 Å². The lowest BCUT2D eigenvalue weighted by atomic mass is 10.1. The van der Waals surface area contributed by atoms with Crippen molar-refractivity contribution in [2.45, 2.75) is 33.2 Å². The van der Waals surface area contributed by atoms with Crippen LogP contribution in [0.3, 0.4) is 0 Å². The van der Waals surface area contributed by atoms with Gasteiger partial charge in [-0.2, -0.15) is 0 Å². The zero-order valence-corrected chi connectivity index (χ0v) is 16.1. The van der Waals surface area contributed by atoms with E-state index in [1.807, 2.05) is 6.07 Å². The molecular formula is C19H21N3O4S. The van der Waals surface area contributed by atoms with Gasteiger partial charge in [-0.05, 0) is 38.0 Å². The van der Waals surface area contributed by atoms with Crippen LogP contribution < -0.4 is 5.32 Å². The minimum Gasteiger partial charge on any atom is -0.462 e. The number of nitrogens with zero attached hydrogens (tertiary/aromatic N) is 2. The molecule has 1 N–H and O–H groups in total. The standard InChI is InChI=1S/C19H21N3O4S/c1-3-26-18(25)16-12(2)20-19(27-16)21-17(24)14-7-4-6-13(10-14)11-22-9-5-8-15(22)23/h4,6-7,10H,3,5,8-9,11H2,1-2H3,(H,20,21,24). The van der Waals surface area contributed by atoms with E-state index in [2.05, 4.69) is 10.3 Å². The first-order valence-electron chi connectivity index (χ1n) is 8.80. The van der Waals surface area contributed by atoms with Crippen molar-refractivity contribution in [3.8, 4) is 0 Å². The highest BCUT2D eigenvalue weighted by Gasteiger charge is 2.21. The molecule has 0 spiro atoms. The number of hydrogen-bond donors (Lipinski definition) is 1. The van der Waals surface area contributed by atoms with E-state index in [0.29, 0.717) is 34.2 Å². The smallest absolute Gasteiger partial charge is 0.350 e. The van der Waals surface area contributed by atoms with Crippen LogP contribution in [0.1, 0.15) is 51.1 Å². The van der Waals surface area contributed by atoms with Gasteiger partial charge in [0.05, 0.1) is 12.3 Å². The van der Waals surface area contributed by atoms with Crippen molar-refractivity contribution in [2.24, 2.45) is 0 Å². The van der Waals surface area contributed by atoms with Gasteiger partial charge in [-0.3, -0.25) is 14.9 Å². The molecule has 2 aromatic rings. The average molecular weight is 387 g/mol. The molecule has 1 aromatic heterocycles. The summed E-state index contributed by atoms with van der Waals surface area (Å²) in [7, 11) is 0. The lowest BCUT2D eigenvalue weighted by molar-refractivity contribution is -0.128. The van der Waals surface area contributed by atoms with Crippen LogP contribution in [0.5, 0.6) is 0 Å². The maximum atomic E-state index is 12.5. The Morgan fingerprint density at radius 2 is 2.19 bits per heavy atom. The highest BCUT2D eigenvalue weighted by atomic mass is 32.1. The predicted molar refractivity (Wildman–Crippen MR) is 102 cm³/mol. The highest BCUT2D eigenvalue weighted by Crippen LogP contribution is 2.24. The zero-order chi connectivity index (χ0) is 19.4. The Balaban J connectivity index is 1.69. The molecule has 7 nitrogen and oxygen atoms in total. The summed E-state index contributed by atoms with van der Waals surface area (Å²) < 4.78 is 4.99. The number of likely N-dealkylation sites (tertiary alicyclic amines) is 1. The van der Waals surface area contributed by atoms with Crippen LogP contribution in [0.2, 0.25) is 0 Å². The summed E-state index contributed by atoms with van der Waals surface area (Å²) in [6, 6.07) is 7.17. The van der Waals surface area contributed by atoms with Crippen molar-refractivity contribution in [3.05, 3.63) is 46.0 Å². The molecule has 1 fully saturated rings. The molecule has 0 radical (unpaired) electrons. The molecule has 0 saturated carbocycles. The lowest BCUT2D eigenvalue weighted by Crippen LogP contribution is -2.24. The number of ether oxygens (including phenoxy) is 1. The predicted octanol–water partition coefficient (Wildman–Crippen LogP) is 3.00. The summed E-state index contributed by atoms with van der Waals surface area (Å²) in [4.78, 5) is 42.6. The van der Waals surface area contributed by atoms with Crippen LogP contribution in [0.15, 0.2) is 24.3 Å². The van der Waals surface area contributed by atoms with Crippen LogP contribution >= 0.6 is 11.3 Å². The van der Waals surface area contributed by atoms with E-state index < -0.39 is 5.97 Å². The van der Waals surface area contributed by atoms with E-state index >= 15 is 0 Å². The molecule has 2 heterocycles.